The summed E-state index contributed by atoms with van der Waals surface area (Å²) in [6.45, 7) is 7.67. The molecular weight excluding hydrogens is 275 g/mol. The van der Waals surface area contributed by atoms with E-state index in [-0.39, 0.29) is 19.0 Å². The Morgan fingerprint density at radius 1 is 1.10 bits per heavy atom. The third-order valence-corrected chi connectivity index (χ3v) is 5.54. The Morgan fingerprint density at radius 3 is 2.15 bits per heavy atom. The van der Waals surface area contributed by atoms with E-state index in [0.29, 0.717) is 6.42 Å². The summed E-state index contributed by atoms with van der Waals surface area (Å²) in [5, 5.41) is 0. The zero-order valence-electron chi connectivity index (χ0n) is 13.3. The van der Waals surface area contributed by atoms with Crippen LogP contribution in [-0.2, 0) is 18.4 Å². The normalized spacial score (nSPS) is 13.8. The minimum Gasteiger partial charge on any atom is -0.308 e. The fourth-order valence-electron chi connectivity index (χ4n) is 1.95. The Morgan fingerprint density at radius 2 is 1.70 bits per heavy atom. The van der Waals surface area contributed by atoms with Gasteiger partial charge in [0, 0.05) is 0 Å². The molecule has 0 rings (SSSR count). The average molecular weight is 304 g/mol. The molecule has 0 aliphatic rings. The summed E-state index contributed by atoms with van der Waals surface area (Å²) >= 11 is 0. The Hall–Kier alpha value is -0.440. The van der Waals surface area contributed by atoms with Gasteiger partial charge in [0.1, 0.15) is 11.4 Å². The number of hydrogen-bond donors (Lipinski definition) is 0. The molecule has 0 saturated carbocycles. The van der Waals surface area contributed by atoms with E-state index in [1.54, 1.807) is 13.8 Å². The molecular formula is C15H29O4P. The second-order valence-electron chi connectivity index (χ2n) is 4.70. The van der Waals surface area contributed by atoms with Gasteiger partial charge in [0.25, 0.3) is 0 Å². The summed E-state index contributed by atoms with van der Waals surface area (Å²) in [6.07, 6.45) is 8.92. The van der Waals surface area contributed by atoms with Crippen LogP contribution >= 0.6 is 7.60 Å². The van der Waals surface area contributed by atoms with Gasteiger partial charge in [0.2, 0.25) is 0 Å². The fraction of sp³-hybridized carbons (Fsp3) is 0.800. The molecule has 1 atom stereocenters. The molecule has 0 aromatic rings. The van der Waals surface area contributed by atoms with E-state index in [9.17, 15) is 9.36 Å². The van der Waals surface area contributed by atoms with E-state index in [1.807, 2.05) is 12.2 Å². The van der Waals surface area contributed by atoms with Crippen LogP contribution in [0.4, 0.5) is 0 Å². The number of carbonyl (C=O) groups is 1. The van der Waals surface area contributed by atoms with Crippen LogP contribution in [0.15, 0.2) is 12.2 Å². The molecule has 0 aliphatic heterocycles. The Kier molecular flexibility index (Phi) is 11.0. The zero-order valence-corrected chi connectivity index (χ0v) is 14.2. The van der Waals surface area contributed by atoms with Crippen molar-refractivity contribution in [2.45, 2.75) is 65.5 Å². The van der Waals surface area contributed by atoms with E-state index < -0.39 is 13.3 Å². The van der Waals surface area contributed by atoms with E-state index in [2.05, 4.69) is 6.92 Å². The number of unbranched alkanes of at least 4 members (excludes halogenated alkanes) is 3. The van der Waals surface area contributed by atoms with Gasteiger partial charge < -0.3 is 9.05 Å². The third-order valence-electron chi connectivity index (χ3n) is 2.97. The van der Waals surface area contributed by atoms with Crippen molar-refractivity contribution in [3.05, 3.63) is 12.2 Å². The van der Waals surface area contributed by atoms with Crippen LogP contribution in [0.5, 0.6) is 0 Å². The number of ketones is 1. The van der Waals surface area contributed by atoms with Crippen molar-refractivity contribution >= 4 is 13.4 Å². The summed E-state index contributed by atoms with van der Waals surface area (Å²) in [5.74, 6) is -0.145. The molecule has 5 heteroatoms. The quantitative estimate of drug-likeness (QED) is 0.297. The average Bonchev–Trinajstić information content (AvgIpc) is 2.37. The molecule has 0 saturated heterocycles. The van der Waals surface area contributed by atoms with Gasteiger partial charge in [-0.25, -0.2) is 0 Å². The van der Waals surface area contributed by atoms with E-state index in [1.165, 1.54) is 19.8 Å². The lowest BCUT2D eigenvalue weighted by molar-refractivity contribution is -0.117. The molecule has 0 amide bonds. The highest BCUT2D eigenvalue weighted by molar-refractivity contribution is 7.55. The first-order chi connectivity index (χ1) is 9.51. The Balaban J connectivity index is 4.61. The lowest BCUT2D eigenvalue weighted by atomic mass is 10.1. The topological polar surface area (TPSA) is 52.6 Å². The maximum atomic E-state index is 12.6. The van der Waals surface area contributed by atoms with Crippen LogP contribution < -0.4 is 0 Å². The summed E-state index contributed by atoms with van der Waals surface area (Å²) in [6, 6.07) is 0. The van der Waals surface area contributed by atoms with Crippen molar-refractivity contribution in [3.63, 3.8) is 0 Å². The smallest absolute Gasteiger partial charge is 0.308 e. The molecule has 20 heavy (non-hydrogen) atoms. The molecule has 0 aromatic carbocycles. The molecule has 0 fully saturated rings. The van der Waals surface area contributed by atoms with Crippen molar-refractivity contribution in [3.8, 4) is 0 Å². The highest BCUT2D eigenvalue weighted by atomic mass is 31.2. The molecule has 0 heterocycles. The van der Waals surface area contributed by atoms with Gasteiger partial charge in [-0.3, -0.25) is 9.36 Å². The lowest BCUT2D eigenvalue weighted by Crippen LogP contribution is -2.20. The van der Waals surface area contributed by atoms with Crippen LogP contribution in [0.1, 0.15) is 59.8 Å². The van der Waals surface area contributed by atoms with Crippen molar-refractivity contribution in [2.75, 3.05) is 13.2 Å². The van der Waals surface area contributed by atoms with Crippen molar-refractivity contribution < 1.29 is 18.4 Å². The van der Waals surface area contributed by atoms with Crippen LogP contribution in [-0.4, -0.2) is 24.7 Å². The number of Topliss-reactive ketones (excluding diaryl/α,β-unsaturated/α-hetero) is 1. The van der Waals surface area contributed by atoms with Crippen molar-refractivity contribution in [1.82, 2.24) is 0 Å². The highest BCUT2D eigenvalue weighted by Crippen LogP contribution is 2.54. The zero-order chi connectivity index (χ0) is 15.4. The number of carbonyl (C=O) groups excluding carboxylic acids is 1. The van der Waals surface area contributed by atoms with Crippen molar-refractivity contribution in [1.29, 1.82) is 0 Å². The predicted molar refractivity (Wildman–Crippen MR) is 83.2 cm³/mol. The second kappa shape index (κ2) is 11.2. The molecule has 0 N–H and O–H groups in total. The van der Waals surface area contributed by atoms with E-state index in [0.717, 1.165) is 12.8 Å². The molecule has 0 aliphatic carbocycles. The standard InChI is InChI=1S/C15H29O4P/c1-5-8-9-10-11-12-13-15(14(4)16)20(17,18-6-2)19-7-3/h11-12,15H,5-10,13H2,1-4H3/b12-11-. The minimum absolute atomic E-state index is 0.145. The Labute approximate surface area is 123 Å². The second-order valence-corrected chi connectivity index (χ2v) is 6.92. The van der Waals surface area contributed by atoms with Gasteiger partial charge in [-0.2, -0.15) is 0 Å². The molecule has 0 aromatic heterocycles. The Bertz CT molecular complexity index is 329. The molecule has 0 spiro atoms. The predicted octanol–water partition coefficient (Wildman–Crippen LogP) is 4.74. The molecule has 4 nitrogen and oxygen atoms in total. The van der Waals surface area contributed by atoms with Crippen molar-refractivity contribution in [2.24, 2.45) is 0 Å². The minimum atomic E-state index is -3.35. The first-order valence-electron chi connectivity index (χ1n) is 7.56. The third kappa shape index (κ3) is 7.37. The maximum absolute atomic E-state index is 12.6. The van der Waals surface area contributed by atoms with Gasteiger partial charge in [0.05, 0.1) is 13.2 Å². The molecule has 118 valence electrons. The summed E-state index contributed by atoms with van der Waals surface area (Å²) in [7, 11) is -3.35. The van der Waals surface area contributed by atoms with Crippen LogP contribution in [0.2, 0.25) is 0 Å². The van der Waals surface area contributed by atoms with Gasteiger partial charge in [0.15, 0.2) is 0 Å². The summed E-state index contributed by atoms with van der Waals surface area (Å²) in [5.41, 5.74) is -0.690. The largest absolute Gasteiger partial charge is 0.341 e. The van der Waals surface area contributed by atoms with Crippen LogP contribution in [0, 0.1) is 0 Å². The van der Waals surface area contributed by atoms with Crippen LogP contribution in [0.25, 0.3) is 0 Å². The van der Waals surface area contributed by atoms with Gasteiger partial charge in [-0.1, -0.05) is 31.9 Å². The van der Waals surface area contributed by atoms with Crippen LogP contribution in [0.3, 0.4) is 0 Å². The first kappa shape index (κ1) is 19.6. The monoisotopic (exact) mass is 304 g/mol. The molecule has 1 unspecified atom stereocenters. The van der Waals surface area contributed by atoms with E-state index in [4.69, 9.17) is 9.05 Å². The SMILES string of the molecule is CCCCC/C=C\CC(C(C)=O)P(=O)(OCC)OCC. The molecule has 0 bridgehead atoms. The summed E-state index contributed by atoms with van der Waals surface area (Å²) in [4.78, 5) is 11.7. The first-order valence-corrected chi connectivity index (χ1v) is 9.17. The summed E-state index contributed by atoms with van der Waals surface area (Å²) < 4.78 is 23.2. The molecule has 0 radical (unpaired) electrons. The fourth-order valence-corrected chi connectivity index (χ4v) is 3.93. The van der Waals surface area contributed by atoms with Gasteiger partial charge >= 0.3 is 7.60 Å². The van der Waals surface area contributed by atoms with E-state index >= 15 is 0 Å². The highest BCUT2D eigenvalue weighted by Gasteiger charge is 2.37. The number of allylic oxidation sites excluding steroid dienone is 2. The number of rotatable bonds is 12. The number of hydrogen-bond acceptors (Lipinski definition) is 4. The van der Waals surface area contributed by atoms with Gasteiger partial charge in [-0.15, -0.1) is 0 Å². The van der Waals surface area contributed by atoms with Gasteiger partial charge in [-0.05, 0) is 40.0 Å². The lowest BCUT2D eigenvalue weighted by Gasteiger charge is -2.23. The maximum Gasteiger partial charge on any atom is 0.341 e.